The fourth-order valence-corrected chi connectivity index (χ4v) is 4.15. The van der Waals surface area contributed by atoms with Crippen LogP contribution in [0, 0.1) is 5.92 Å². The Labute approximate surface area is 127 Å². The number of hydrogen-bond donors (Lipinski definition) is 2. The number of hydrogen-bond acceptors (Lipinski definition) is 2. The smallest absolute Gasteiger partial charge is 0.308 e. The van der Waals surface area contributed by atoms with Gasteiger partial charge in [-0.25, -0.2) is 0 Å². The average Bonchev–Trinajstić information content (AvgIpc) is 2.84. The summed E-state index contributed by atoms with van der Waals surface area (Å²) < 4.78 is 0. The van der Waals surface area contributed by atoms with E-state index in [1.54, 1.807) is 0 Å². The van der Waals surface area contributed by atoms with E-state index in [-0.39, 0.29) is 12.0 Å². The maximum absolute atomic E-state index is 11.6. The molecule has 1 saturated heterocycles. The van der Waals surface area contributed by atoms with Gasteiger partial charge in [-0.1, -0.05) is 11.6 Å². The predicted molar refractivity (Wildman–Crippen MR) is 81.7 cm³/mol. The number of fused-ring (bicyclic) bond motifs is 5. The number of nitrogens with zero attached hydrogens (tertiary/aromatic N) is 1. The molecule has 0 spiro atoms. The van der Waals surface area contributed by atoms with Crippen molar-refractivity contribution in [1.29, 1.82) is 0 Å². The van der Waals surface area contributed by atoms with Crippen LogP contribution in [0.25, 0.3) is 10.9 Å². The minimum absolute atomic E-state index is 0.0221. The molecule has 0 unspecified atom stereocenters. The Morgan fingerprint density at radius 3 is 3.05 bits per heavy atom. The lowest BCUT2D eigenvalue weighted by atomic mass is 9.82. The molecule has 1 aromatic heterocycles. The van der Waals surface area contributed by atoms with Gasteiger partial charge in [0.15, 0.2) is 0 Å². The number of aromatic nitrogens is 1. The first kappa shape index (κ1) is 13.2. The van der Waals surface area contributed by atoms with E-state index in [4.69, 9.17) is 11.6 Å². The number of carboxylic acid groups (broad SMARTS) is 1. The van der Waals surface area contributed by atoms with Crippen LogP contribution >= 0.6 is 11.6 Å². The van der Waals surface area contributed by atoms with Crippen molar-refractivity contribution < 1.29 is 9.90 Å². The van der Waals surface area contributed by atoms with Crippen molar-refractivity contribution in [3.05, 3.63) is 34.5 Å². The summed E-state index contributed by atoms with van der Waals surface area (Å²) in [6.07, 6.45) is 2.68. The van der Waals surface area contributed by atoms with Crippen molar-refractivity contribution in [3.8, 4) is 0 Å². The summed E-state index contributed by atoms with van der Waals surface area (Å²) in [6, 6.07) is 5.82. The van der Waals surface area contributed by atoms with Gasteiger partial charge < -0.3 is 10.1 Å². The molecule has 0 radical (unpaired) electrons. The Hall–Kier alpha value is -1.52. The molecule has 110 valence electrons. The van der Waals surface area contributed by atoms with Crippen LogP contribution in [-0.4, -0.2) is 34.0 Å². The van der Waals surface area contributed by atoms with Crippen LogP contribution in [-0.2, 0) is 11.2 Å². The fraction of sp³-hybridized carbons (Fsp3) is 0.438. The van der Waals surface area contributed by atoms with Crippen LogP contribution in [0.5, 0.6) is 0 Å². The molecule has 0 amide bonds. The van der Waals surface area contributed by atoms with Crippen molar-refractivity contribution in [2.45, 2.75) is 25.3 Å². The van der Waals surface area contributed by atoms with Crippen LogP contribution in [0.15, 0.2) is 18.2 Å². The lowest BCUT2D eigenvalue weighted by Crippen LogP contribution is -2.45. The number of nitrogens with one attached hydrogen (secondary N) is 1. The number of carbonyl (C=O) groups is 1. The largest absolute Gasteiger partial charge is 0.481 e. The standard InChI is InChI=1S/C16H17ClN2O2/c17-9-3-4-13-12(8-9)10-5-7-19-6-1-2-11(16(20)21)15(19)14(10)18-13/h3-4,8,11,15,18H,1-2,5-7H2,(H,20,21)/t11-,15+/m1/s1. The summed E-state index contributed by atoms with van der Waals surface area (Å²) in [6.45, 7) is 1.92. The molecule has 2 aliphatic rings. The lowest BCUT2D eigenvalue weighted by Gasteiger charge is -2.42. The van der Waals surface area contributed by atoms with E-state index in [9.17, 15) is 9.90 Å². The Morgan fingerprint density at radius 1 is 1.38 bits per heavy atom. The fourth-order valence-electron chi connectivity index (χ4n) is 3.98. The van der Waals surface area contributed by atoms with Crippen molar-refractivity contribution in [1.82, 2.24) is 9.88 Å². The molecule has 0 aliphatic carbocycles. The molecule has 0 bridgehead atoms. The Morgan fingerprint density at radius 2 is 2.24 bits per heavy atom. The van der Waals surface area contributed by atoms with E-state index in [0.29, 0.717) is 0 Å². The van der Waals surface area contributed by atoms with E-state index < -0.39 is 5.97 Å². The molecule has 1 aromatic carbocycles. The van der Waals surface area contributed by atoms with Crippen molar-refractivity contribution >= 4 is 28.5 Å². The predicted octanol–water partition coefficient (Wildman–Crippen LogP) is 3.22. The molecule has 1 fully saturated rings. The minimum Gasteiger partial charge on any atom is -0.481 e. The number of carboxylic acids is 1. The number of aliphatic carboxylic acids is 1. The quantitative estimate of drug-likeness (QED) is 0.850. The van der Waals surface area contributed by atoms with Gasteiger partial charge in [0.25, 0.3) is 0 Å². The third-order valence-electron chi connectivity index (χ3n) is 4.90. The zero-order valence-electron chi connectivity index (χ0n) is 11.6. The highest BCUT2D eigenvalue weighted by atomic mass is 35.5. The first-order valence-electron chi connectivity index (χ1n) is 7.42. The van der Waals surface area contributed by atoms with E-state index in [1.165, 1.54) is 5.56 Å². The molecular formula is C16H17ClN2O2. The number of aromatic amines is 1. The van der Waals surface area contributed by atoms with Crippen LogP contribution < -0.4 is 0 Å². The third kappa shape index (κ3) is 1.97. The number of H-pyrrole nitrogens is 1. The van der Waals surface area contributed by atoms with Gasteiger partial charge in [-0.05, 0) is 49.6 Å². The Balaban J connectivity index is 1.89. The number of rotatable bonds is 1. The zero-order chi connectivity index (χ0) is 14.6. The van der Waals surface area contributed by atoms with Crippen LogP contribution in [0.4, 0.5) is 0 Å². The summed E-state index contributed by atoms with van der Waals surface area (Å²) in [7, 11) is 0. The highest BCUT2D eigenvalue weighted by Crippen LogP contribution is 2.42. The van der Waals surface area contributed by atoms with Crippen LogP contribution in [0.1, 0.15) is 30.1 Å². The van der Waals surface area contributed by atoms with Crippen molar-refractivity contribution in [2.75, 3.05) is 13.1 Å². The number of halogens is 1. The lowest BCUT2D eigenvalue weighted by molar-refractivity contribution is -0.146. The summed E-state index contributed by atoms with van der Waals surface area (Å²) in [5.74, 6) is -1.00. The molecule has 0 saturated carbocycles. The topological polar surface area (TPSA) is 56.3 Å². The summed E-state index contributed by atoms with van der Waals surface area (Å²) in [5, 5.41) is 11.4. The zero-order valence-corrected chi connectivity index (χ0v) is 12.4. The Bertz CT molecular complexity index is 724. The SMILES string of the molecule is O=C(O)[C@@H]1CCCN2CCc3c([nH]c4ccc(Cl)cc34)[C@H]12. The maximum atomic E-state index is 11.6. The summed E-state index contributed by atoms with van der Waals surface area (Å²) in [4.78, 5) is 17.4. The van der Waals surface area contributed by atoms with Crippen molar-refractivity contribution in [2.24, 2.45) is 5.92 Å². The van der Waals surface area contributed by atoms with Gasteiger partial charge in [0.05, 0.1) is 12.0 Å². The molecule has 2 aliphatic heterocycles. The Kier molecular flexibility index (Phi) is 2.98. The highest BCUT2D eigenvalue weighted by Gasteiger charge is 2.41. The average molecular weight is 305 g/mol. The van der Waals surface area contributed by atoms with Crippen LogP contribution in [0.2, 0.25) is 5.02 Å². The van der Waals surface area contributed by atoms with Crippen LogP contribution in [0.3, 0.4) is 0 Å². The number of piperidine rings is 1. The second-order valence-corrected chi connectivity index (χ2v) is 6.46. The van der Waals surface area contributed by atoms with Gasteiger partial charge in [-0.2, -0.15) is 0 Å². The second kappa shape index (κ2) is 4.75. The molecule has 2 N–H and O–H groups in total. The minimum atomic E-state index is -0.686. The first-order chi connectivity index (χ1) is 10.1. The van der Waals surface area contributed by atoms with E-state index >= 15 is 0 Å². The van der Waals surface area contributed by atoms with Gasteiger partial charge in [0, 0.05) is 28.2 Å². The maximum Gasteiger partial charge on any atom is 0.308 e. The van der Waals surface area contributed by atoms with Gasteiger partial charge in [-0.15, -0.1) is 0 Å². The van der Waals surface area contributed by atoms with Gasteiger partial charge in [-0.3, -0.25) is 9.69 Å². The van der Waals surface area contributed by atoms with E-state index in [0.717, 1.165) is 54.0 Å². The molecule has 5 heteroatoms. The van der Waals surface area contributed by atoms with E-state index in [1.807, 2.05) is 18.2 Å². The molecule has 4 nitrogen and oxygen atoms in total. The molecule has 2 aromatic rings. The molecular weight excluding hydrogens is 288 g/mol. The first-order valence-corrected chi connectivity index (χ1v) is 7.80. The summed E-state index contributed by atoms with van der Waals surface area (Å²) >= 11 is 6.12. The van der Waals surface area contributed by atoms with Crippen molar-refractivity contribution in [3.63, 3.8) is 0 Å². The molecule has 3 heterocycles. The third-order valence-corrected chi connectivity index (χ3v) is 5.13. The summed E-state index contributed by atoms with van der Waals surface area (Å²) in [5.41, 5.74) is 3.40. The van der Waals surface area contributed by atoms with Gasteiger partial charge in [0.2, 0.25) is 0 Å². The normalized spacial score (nSPS) is 25.6. The molecule has 21 heavy (non-hydrogen) atoms. The highest BCUT2D eigenvalue weighted by molar-refractivity contribution is 6.31. The molecule has 4 rings (SSSR count). The second-order valence-electron chi connectivity index (χ2n) is 6.02. The van der Waals surface area contributed by atoms with E-state index in [2.05, 4.69) is 9.88 Å². The molecule has 2 atom stereocenters. The van der Waals surface area contributed by atoms with Gasteiger partial charge in [0.1, 0.15) is 0 Å². The number of benzene rings is 1. The van der Waals surface area contributed by atoms with Gasteiger partial charge >= 0.3 is 5.97 Å². The monoisotopic (exact) mass is 304 g/mol.